The van der Waals surface area contributed by atoms with Gasteiger partial charge in [0.05, 0.1) is 0 Å². The number of phenols is 1. The smallest absolute Gasteiger partial charge is 0.141 e. The summed E-state index contributed by atoms with van der Waals surface area (Å²) in [6, 6.07) is 6.93. The van der Waals surface area contributed by atoms with Gasteiger partial charge in [-0.3, -0.25) is 9.79 Å². The number of carbonyl (C=O) groups excluding carboxylic acids is 1. The van der Waals surface area contributed by atoms with E-state index in [0.717, 1.165) is 18.6 Å². The van der Waals surface area contributed by atoms with E-state index in [0.29, 0.717) is 18.5 Å². The van der Waals surface area contributed by atoms with Gasteiger partial charge >= 0.3 is 0 Å². The quantitative estimate of drug-likeness (QED) is 0.762. The number of phenolic OH excluding ortho intramolecular Hbond substituents is 1. The molecule has 1 aliphatic carbocycles. The van der Waals surface area contributed by atoms with Gasteiger partial charge in [-0.25, -0.2) is 0 Å². The number of para-hydroxylation sites is 2. The van der Waals surface area contributed by atoms with Gasteiger partial charge < -0.3 is 5.11 Å². The van der Waals surface area contributed by atoms with Crippen molar-refractivity contribution in [2.45, 2.75) is 25.7 Å². The van der Waals surface area contributed by atoms with Gasteiger partial charge in [0.2, 0.25) is 0 Å². The van der Waals surface area contributed by atoms with E-state index in [4.69, 9.17) is 0 Å². The van der Waals surface area contributed by atoms with Crippen LogP contribution in [0.2, 0.25) is 0 Å². The maximum absolute atomic E-state index is 11.2. The van der Waals surface area contributed by atoms with Gasteiger partial charge in [-0.2, -0.15) is 0 Å². The van der Waals surface area contributed by atoms with Crippen molar-refractivity contribution in [3.63, 3.8) is 0 Å². The van der Waals surface area contributed by atoms with E-state index in [9.17, 15) is 9.90 Å². The molecule has 0 atom stereocenters. The molecule has 0 saturated heterocycles. The fourth-order valence-corrected chi connectivity index (χ4v) is 1.72. The molecule has 3 nitrogen and oxygen atoms in total. The molecule has 0 aliphatic heterocycles. The highest BCUT2D eigenvalue weighted by Gasteiger charge is 2.14. The Morgan fingerprint density at radius 2 is 2.00 bits per heavy atom. The van der Waals surface area contributed by atoms with E-state index in [-0.39, 0.29) is 11.5 Å². The zero-order valence-electron chi connectivity index (χ0n) is 8.44. The molecule has 3 heteroatoms. The lowest BCUT2D eigenvalue weighted by molar-refractivity contribution is -0.118. The maximum Gasteiger partial charge on any atom is 0.141 e. The Labute approximate surface area is 88.5 Å². The lowest BCUT2D eigenvalue weighted by Crippen LogP contribution is -2.13. The Morgan fingerprint density at radius 3 is 2.73 bits per heavy atom. The maximum atomic E-state index is 11.2. The van der Waals surface area contributed by atoms with Gasteiger partial charge in [-0.05, 0) is 25.0 Å². The van der Waals surface area contributed by atoms with Crippen LogP contribution >= 0.6 is 0 Å². The first-order valence-corrected chi connectivity index (χ1v) is 5.12. The molecule has 0 radical (unpaired) electrons. The first-order chi connectivity index (χ1) is 7.25. The monoisotopic (exact) mass is 203 g/mol. The van der Waals surface area contributed by atoms with Crippen molar-refractivity contribution in [3.8, 4) is 5.75 Å². The summed E-state index contributed by atoms with van der Waals surface area (Å²) < 4.78 is 0. The number of aromatic hydroxyl groups is 1. The Morgan fingerprint density at radius 1 is 1.20 bits per heavy atom. The SMILES string of the molecule is O=C1CCCC(=Nc2ccccc2O)C1. The molecule has 1 aliphatic rings. The predicted molar refractivity (Wildman–Crippen MR) is 58.7 cm³/mol. The zero-order chi connectivity index (χ0) is 10.7. The van der Waals surface area contributed by atoms with Crippen molar-refractivity contribution in [1.29, 1.82) is 0 Å². The van der Waals surface area contributed by atoms with Crippen molar-refractivity contribution >= 4 is 17.2 Å². The zero-order valence-corrected chi connectivity index (χ0v) is 8.44. The molecular weight excluding hydrogens is 190 g/mol. The summed E-state index contributed by atoms with van der Waals surface area (Å²) in [7, 11) is 0. The molecule has 1 aromatic rings. The number of nitrogens with zero attached hydrogens (tertiary/aromatic N) is 1. The van der Waals surface area contributed by atoms with Crippen LogP contribution in [0, 0.1) is 0 Å². The van der Waals surface area contributed by atoms with Crippen molar-refractivity contribution in [3.05, 3.63) is 24.3 Å². The van der Waals surface area contributed by atoms with Gasteiger partial charge in [0.25, 0.3) is 0 Å². The Bertz CT molecular complexity index is 410. The van der Waals surface area contributed by atoms with Gasteiger partial charge in [-0.1, -0.05) is 12.1 Å². The molecule has 1 aromatic carbocycles. The molecule has 1 fully saturated rings. The summed E-state index contributed by atoms with van der Waals surface area (Å²) >= 11 is 0. The van der Waals surface area contributed by atoms with Crippen LogP contribution < -0.4 is 0 Å². The van der Waals surface area contributed by atoms with Crippen LogP contribution in [0.15, 0.2) is 29.3 Å². The van der Waals surface area contributed by atoms with E-state index in [1.165, 1.54) is 0 Å². The average molecular weight is 203 g/mol. The van der Waals surface area contributed by atoms with Crippen LogP contribution in [0.25, 0.3) is 0 Å². The summed E-state index contributed by atoms with van der Waals surface area (Å²) in [6.45, 7) is 0. The second kappa shape index (κ2) is 4.26. The third-order valence-electron chi connectivity index (χ3n) is 2.48. The van der Waals surface area contributed by atoms with Crippen LogP contribution in [0.4, 0.5) is 5.69 Å². The van der Waals surface area contributed by atoms with E-state index >= 15 is 0 Å². The molecule has 1 saturated carbocycles. The second-order valence-electron chi connectivity index (χ2n) is 3.74. The van der Waals surface area contributed by atoms with Crippen molar-refractivity contribution < 1.29 is 9.90 Å². The normalized spacial score (nSPS) is 19.5. The molecule has 2 rings (SSSR count). The Kier molecular flexibility index (Phi) is 2.81. The standard InChI is InChI=1S/C12H13NO2/c14-10-5-3-4-9(8-10)13-11-6-1-2-7-12(11)15/h1-2,6-7,15H,3-5,8H2. The van der Waals surface area contributed by atoms with Gasteiger partial charge in [0.15, 0.2) is 0 Å². The number of hydrogen-bond donors (Lipinski definition) is 1. The lowest BCUT2D eigenvalue weighted by Gasteiger charge is -2.11. The van der Waals surface area contributed by atoms with Gasteiger partial charge in [0, 0.05) is 18.6 Å². The number of rotatable bonds is 1. The highest BCUT2D eigenvalue weighted by Crippen LogP contribution is 2.27. The molecule has 0 unspecified atom stereocenters. The molecule has 0 bridgehead atoms. The van der Waals surface area contributed by atoms with Crippen LogP contribution in [0.1, 0.15) is 25.7 Å². The minimum absolute atomic E-state index is 0.169. The van der Waals surface area contributed by atoms with Gasteiger partial charge in [-0.15, -0.1) is 0 Å². The number of hydrogen-bond acceptors (Lipinski definition) is 3. The van der Waals surface area contributed by atoms with Crippen molar-refractivity contribution in [2.75, 3.05) is 0 Å². The fourth-order valence-electron chi connectivity index (χ4n) is 1.72. The number of Topliss-reactive ketones (excluding diaryl/α,β-unsaturated/α-hetero) is 1. The molecule has 0 heterocycles. The topological polar surface area (TPSA) is 49.7 Å². The number of benzene rings is 1. The summed E-state index contributed by atoms with van der Waals surface area (Å²) in [5.74, 6) is 0.415. The van der Waals surface area contributed by atoms with Crippen LogP contribution in [0.5, 0.6) is 5.75 Å². The highest BCUT2D eigenvalue weighted by molar-refractivity contribution is 6.05. The van der Waals surface area contributed by atoms with Crippen LogP contribution in [-0.4, -0.2) is 16.6 Å². The van der Waals surface area contributed by atoms with Crippen LogP contribution in [-0.2, 0) is 4.79 Å². The molecule has 78 valence electrons. The molecule has 0 spiro atoms. The summed E-state index contributed by atoms with van der Waals surface area (Å²) in [5.41, 5.74) is 1.44. The largest absolute Gasteiger partial charge is 0.506 e. The second-order valence-corrected chi connectivity index (χ2v) is 3.74. The average Bonchev–Trinajstić information content (AvgIpc) is 2.22. The Hall–Kier alpha value is -1.64. The molecule has 0 aromatic heterocycles. The highest BCUT2D eigenvalue weighted by atomic mass is 16.3. The van der Waals surface area contributed by atoms with Gasteiger partial charge in [0.1, 0.15) is 17.2 Å². The number of aliphatic imine (C=N–C) groups is 1. The summed E-state index contributed by atoms with van der Waals surface area (Å²) in [4.78, 5) is 15.5. The van der Waals surface area contributed by atoms with E-state index in [2.05, 4.69) is 4.99 Å². The summed E-state index contributed by atoms with van der Waals surface area (Å²) in [5, 5.41) is 9.52. The van der Waals surface area contributed by atoms with Crippen molar-refractivity contribution in [1.82, 2.24) is 0 Å². The third-order valence-corrected chi connectivity index (χ3v) is 2.48. The molecular formula is C12H13NO2. The lowest BCUT2D eigenvalue weighted by atomic mass is 9.97. The van der Waals surface area contributed by atoms with E-state index in [1.807, 2.05) is 6.07 Å². The fraction of sp³-hybridized carbons (Fsp3) is 0.333. The first-order valence-electron chi connectivity index (χ1n) is 5.12. The minimum Gasteiger partial charge on any atom is -0.506 e. The number of carbonyl (C=O) groups is 1. The predicted octanol–water partition coefficient (Wildman–Crippen LogP) is 2.61. The summed E-state index contributed by atoms with van der Waals surface area (Å²) in [6.07, 6.45) is 2.85. The molecule has 0 amide bonds. The number of ketones is 1. The minimum atomic E-state index is 0.169. The van der Waals surface area contributed by atoms with Crippen LogP contribution in [0.3, 0.4) is 0 Å². The first kappa shape index (κ1) is 9.90. The van der Waals surface area contributed by atoms with E-state index < -0.39 is 0 Å². The molecule has 15 heavy (non-hydrogen) atoms. The van der Waals surface area contributed by atoms with E-state index in [1.54, 1.807) is 18.2 Å². The van der Waals surface area contributed by atoms with Crippen molar-refractivity contribution in [2.24, 2.45) is 4.99 Å². The molecule has 1 N–H and O–H groups in total. The third kappa shape index (κ3) is 2.43. The Balaban J connectivity index is 2.22.